The van der Waals surface area contributed by atoms with E-state index in [-0.39, 0.29) is 23.0 Å². The monoisotopic (exact) mass is 461 g/mol. The number of benzene rings is 2. The fourth-order valence-electron chi connectivity index (χ4n) is 4.81. The van der Waals surface area contributed by atoms with Crippen LogP contribution in [0.25, 0.3) is 0 Å². The number of ether oxygens (including phenoxy) is 1. The van der Waals surface area contributed by atoms with Crippen LogP contribution in [0.15, 0.2) is 42.5 Å². The van der Waals surface area contributed by atoms with Gasteiger partial charge in [0.05, 0.1) is 19.3 Å². The highest BCUT2D eigenvalue weighted by molar-refractivity contribution is 6.26. The highest BCUT2D eigenvalue weighted by Gasteiger charge is 2.39. The molecule has 2 aliphatic rings. The SMILES string of the molecule is COc1cc(C)ccc1N1CCN(CCCn2c3c(n[n+]2[O-])C(=O)c2ccccc2C3=O)CC1. The molecule has 9 heteroatoms. The summed E-state index contributed by atoms with van der Waals surface area (Å²) < 4.78 is 6.85. The minimum absolute atomic E-state index is 0.0561. The van der Waals surface area contributed by atoms with E-state index in [4.69, 9.17) is 4.74 Å². The summed E-state index contributed by atoms with van der Waals surface area (Å²) in [6, 6.07) is 12.9. The Labute approximate surface area is 197 Å². The van der Waals surface area contributed by atoms with Gasteiger partial charge in [-0.3, -0.25) is 14.5 Å². The third-order valence-electron chi connectivity index (χ3n) is 6.61. The fourth-order valence-corrected chi connectivity index (χ4v) is 4.81. The number of rotatable bonds is 6. The van der Waals surface area contributed by atoms with Crippen LogP contribution in [0, 0.1) is 12.1 Å². The Hall–Kier alpha value is -3.72. The average Bonchev–Trinajstić information content (AvgIpc) is 3.19. The molecule has 9 nitrogen and oxygen atoms in total. The van der Waals surface area contributed by atoms with Gasteiger partial charge < -0.3 is 14.8 Å². The van der Waals surface area contributed by atoms with Crippen molar-refractivity contribution in [1.82, 2.24) is 14.7 Å². The lowest BCUT2D eigenvalue weighted by Crippen LogP contribution is -2.47. The molecule has 0 amide bonds. The molecule has 0 atom stereocenters. The Bertz CT molecular complexity index is 1260. The molecule has 176 valence electrons. The fraction of sp³-hybridized carbons (Fsp3) is 0.360. The van der Waals surface area contributed by atoms with Crippen molar-refractivity contribution in [2.45, 2.75) is 19.9 Å². The topological polar surface area (TPSA) is 94.6 Å². The molecule has 1 fully saturated rings. The lowest BCUT2D eigenvalue weighted by Gasteiger charge is -2.36. The van der Waals surface area contributed by atoms with Gasteiger partial charge in [-0.1, -0.05) is 30.3 Å². The van der Waals surface area contributed by atoms with Crippen molar-refractivity contribution in [3.05, 3.63) is 75.8 Å². The maximum absolute atomic E-state index is 13.0. The zero-order valence-electron chi connectivity index (χ0n) is 19.4. The van der Waals surface area contributed by atoms with Crippen LogP contribution in [0.4, 0.5) is 5.69 Å². The largest absolute Gasteiger partial charge is 0.571 e. The van der Waals surface area contributed by atoms with Crippen molar-refractivity contribution in [3.63, 3.8) is 0 Å². The van der Waals surface area contributed by atoms with Gasteiger partial charge in [-0.05, 0) is 31.0 Å². The first-order valence-electron chi connectivity index (χ1n) is 11.5. The lowest BCUT2D eigenvalue weighted by atomic mass is 9.90. The van der Waals surface area contributed by atoms with Gasteiger partial charge in [-0.25, -0.2) is 0 Å². The van der Waals surface area contributed by atoms with Crippen LogP contribution in [-0.4, -0.2) is 66.1 Å². The third-order valence-corrected chi connectivity index (χ3v) is 6.61. The van der Waals surface area contributed by atoms with Gasteiger partial charge in [-0.15, -0.1) is 4.68 Å². The number of hydrogen-bond acceptors (Lipinski definition) is 7. The Morgan fingerprint density at radius 2 is 1.71 bits per heavy atom. The molecule has 0 N–H and O–H groups in total. The molecule has 1 saturated heterocycles. The first kappa shape index (κ1) is 22.1. The van der Waals surface area contributed by atoms with Crippen LogP contribution in [0.3, 0.4) is 0 Å². The first-order valence-corrected chi connectivity index (χ1v) is 11.5. The standard InChI is InChI=1S/C25H27N5O4/c1-17-8-9-20(21(16-17)34-2)28-14-12-27(13-15-28)10-5-11-29-23-22(26-30(29)33)24(31)18-6-3-4-7-19(18)25(23)32/h3-4,6-9,16H,5,10-15H2,1-2H3. The molecule has 34 heavy (non-hydrogen) atoms. The van der Waals surface area contributed by atoms with E-state index in [1.165, 1.54) is 10.2 Å². The summed E-state index contributed by atoms with van der Waals surface area (Å²) in [6.45, 7) is 6.69. The second-order valence-corrected chi connectivity index (χ2v) is 8.73. The van der Waals surface area contributed by atoms with Crippen LogP contribution >= 0.6 is 0 Å². The van der Waals surface area contributed by atoms with Crippen LogP contribution < -0.4 is 14.6 Å². The van der Waals surface area contributed by atoms with E-state index in [2.05, 4.69) is 40.0 Å². The summed E-state index contributed by atoms with van der Waals surface area (Å²) in [6.07, 6.45) is 0.669. The molecule has 1 aliphatic carbocycles. The number of carbonyl (C=O) groups excluding carboxylic acids is 2. The Morgan fingerprint density at radius 1 is 1.00 bits per heavy atom. The summed E-state index contributed by atoms with van der Waals surface area (Å²) >= 11 is 0. The summed E-state index contributed by atoms with van der Waals surface area (Å²) in [5.41, 5.74) is 2.93. The summed E-state index contributed by atoms with van der Waals surface area (Å²) in [7, 11) is 1.70. The van der Waals surface area contributed by atoms with Gasteiger partial charge in [-0.2, -0.15) is 0 Å². The molecule has 2 heterocycles. The molecule has 5 rings (SSSR count). The molecule has 1 aliphatic heterocycles. The molecule has 2 aromatic carbocycles. The van der Waals surface area contributed by atoms with Gasteiger partial charge in [0.15, 0.2) is 5.69 Å². The quantitative estimate of drug-likeness (QED) is 0.319. The zero-order valence-corrected chi connectivity index (χ0v) is 19.4. The molecule has 0 spiro atoms. The number of hydrogen-bond donors (Lipinski definition) is 0. The van der Waals surface area contributed by atoms with Crippen molar-refractivity contribution in [3.8, 4) is 5.75 Å². The van der Waals surface area contributed by atoms with Gasteiger partial charge >= 0.3 is 0 Å². The van der Waals surface area contributed by atoms with Crippen LogP contribution in [0.2, 0.25) is 0 Å². The molecule has 0 bridgehead atoms. The van der Waals surface area contributed by atoms with Gasteiger partial charge in [0.25, 0.3) is 0 Å². The number of piperazine rings is 1. The minimum atomic E-state index is -0.379. The van der Waals surface area contributed by atoms with Crippen molar-refractivity contribution >= 4 is 17.3 Å². The molecular formula is C25H27N5O4. The smallest absolute Gasteiger partial charge is 0.220 e. The van der Waals surface area contributed by atoms with Crippen LogP contribution in [0.1, 0.15) is 44.1 Å². The van der Waals surface area contributed by atoms with E-state index in [9.17, 15) is 14.8 Å². The molecule has 3 aromatic rings. The number of aryl methyl sites for hydroxylation is 1. The Balaban J connectivity index is 1.22. The second kappa shape index (κ2) is 8.90. The maximum atomic E-state index is 13.0. The highest BCUT2D eigenvalue weighted by atomic mass is 16.5. The van der Waals surface area contributed by atoms with Crippen LogP contribution in [0.5, 0.6) is 5.75 Å². The number of aromatic nitrogens is 3. The van der Waals surface area contributed by atoms with Crippen molar-refractivity contribution < 1.29 is 19.3 Å². The van der Waals surface area contributed by atoms with Crippen molar-refractivity contribution in [2.75, 3.05) is 44.7 Å². The second-order valence-electron chi connectivity index (χ2n) is 8.73. The predicted octanol–water partition coefficient (Wildman–Crippen LogP) is 1.82. The average molecular weight is 462 g/mol. The van der Waals surface area contributed by atoms with Gasteiger partial charge in [0.2, 0.25) is 17.3 Å². The van der Waals surface area contributed by atoms with E-state index >= 15 is 0 Å². The summed E-state index contributed by atoms with van der Waals surface area (Å²) in [5, 5.41) is 16.3. The number of carbonyl (C=O) groups is 2. The van der Waals surface area contributed by atoms with Gasteiger partial charge in [0.1, 0.15) is 5.75 Å². The lowest BCUT2D eigenvalue weighted by molar-refractivity contribution is -0.749. The van der Waals surface area contributed by atoms with E-state index in [0.29, 0.717) is 29.1 Å². The normalized spacial score (nSPS) is 15.9. The zero-order chi connectivity index (χ0) is 23.8. The number of methoxy groups -OCH3 is 1. The van der Waals surface area contributed by atoms with Crippen LogP contribution in [-0.2, 0) is 6.54 Å². The number of ketones is 2. The number of fused-ring (bicyclic) bond motifs is 2. The first-order chi connectivity index (χ1) is 16.5. The van der Waals surface area contributed by atoms with Crippen molar-refractivity contribution in [1.29, 1.82) is 0 Å². The molecule has 0 radical (unpaired) electrons. The number of anilines is 1. The summed E-state index contributed by atoms with van der Waals surface area (Å²) in [4.78, 5) is 30.8. The molecule has 0 saturated carbocycles. The van der Waals surface area contributed by atoms with E-state index in [1.54, 1.807) is 31.4 Å². The van der Waals surface area contributed by atoms with Gasteiger partial charge in [0, 0.05) is 53.9 Å². The predicted molar refractivity (Wildman–Crippen MR) is 125 cm³/mol. The van der Waals surface area contributed by atoms with E-state index in [1.807, 2.05) is 0 Å². The third kappa shape index (κ3) is 3.81. The van der Waals surface area contributed by atoms with E-state index < -0.39 is 0 Å². The van der Waals surface area contributed by atoms with Crippen molar-refractivity contribution in [2.24, 2.45) is 0 Å². The summed E-state index contributed by atoms with van der Waals surface area (Å²) in [5.74, 6) is 0.184. The molecular weight excluding hydrogens is 434 g/mol. The Kier molecular flexibility index (Phi) is 5.79. The Morgan fingerprint density at radius 3 is 2.41 bits per heavy atom. The van der Waals surface area contributed by atoms with E-state index in [0.717, 1.165) is 44.2 Å². The maximum Gasteiger partial charge on any atom is 0.220 e. The molecule has 1 aromatic heterocycles. The highest BCUT2D eigenvalue weighted by Crippen LogP contribution is 2.30. The molecule has 0 unspecified atom stereocenters. The minimum Gasteiger partial charge on any atom is -0.571 e. The number of nitrogens with zero attached hydrogens (tertiary/aromatic N) is 5.